The van der Waals surface area contributed by atoms with Gasteiger partial charge in [0.2, 0.25) is 0 Å². The van der Waals surface area contributed by atoms with E-state index in [1.54, 1.807) is 6.08 Å². The fourth-order valence-corrected chi connectivity index (χ4v) is 3.94. The molecular weight excluding hydrogens is 340 g/mol. The number of thiophene rings is 1. The van der Waals surface area contributed by atoms with Gasteiger partial charge in [0.1, 0.15) is 0 Å². The van der Waals surface area contributed by atoms with Crippen molar-refractivity contribution in [3.05, 3.63) is 61.7 Å². The van der Waals surface area contributed by atoms with Crippen LogP contribution in [0.15, 0.2) is 46.7 Å². The first-order valence-electron chi connectivity index (χ1n) is 6.12. The van der Waals surface area contributed by atoms with E-state index in [0.29, 0.717) is 14.9 Å². The van der Waals surface area contributed by atoms with Crippen LogP contribution in [0.2, 0.25) is 0 Å². The van der Waals surface area contributed by atoms with Gasteiger partial charge in [0, 0.05) is 17.0 Å². The fraction of sp³-hybridized carbons (Fsp3) is 0. The number of thioether (sulfide) groups is 1. The van der Waals surface area contributed by atoms with Crippen molar-refractivity contribution in [2.45, 2.75) is 0 Å². The average Bonchev–Trinajstić information content (AvgIpc) is 3.09. The van der Waals surface area contributed by atoms with E-state index < -0.39 is 4.92 Å². The third-order valence-electron chi connectivity index (χ3n) is 2.93. The van der Waals surface area contributed by atoms with Crippen molar-refractivity contribution in [1.29, 1.82) is 0 Å². The van der Waals surface area contributed by atoms with Gasteiger partial charge < -0.3 is 0 Å². The predicted octanol–water partition coefficient (Wildman–Crippen LogP) is 4.06. The Balaban J connectivity index is 1.90. The molecule has 3 rings (SSSR count). The summed E-state index contributed by atoms with van der Waals surface area (Å²) in [6.07, 6.45) is 1.80. The molecule has 5 nitrogen and oxygen atoms in total. The van der Waals surface area contributed by atoms with Crippen molar-refractivity contribution in [2.24, 2.45) is 0 Å². The van der Waals surface area contributed by atoms with Gasteiger partial charge in [0.15, 0.2) is 4.32 Å². The summed E-state index contributed by atoms with van der Waals surface area (Å²) in [6.45, 7) is 0. The Morgan fingerprint density at radius 1 is 1.23 bits per heavy atom. The summed E-state index contributed by atoms with van der Waals surface area (Å²) in [6, 6.07) is 9.60. The summed E-state index contributed by atoms with van der Waals surface area (Å²) < 4.78 is 0.418. The first-order chi connectivity index (χ1) is 10.6. The molecule has 1 aliphatic heterocycles. The largest absolute Gasteiger partial charge is 0.270 e. The van der Waals surface area contributed by atoms with E-state index in [4.69, 9.17) is 12.2 Å². The van der Waals surface area contributed by atoms with Crippen LogP contribution in [0.3, 0.4) is 0 Å². The molecule has 0 aliphatic carbocycles. The lowest BCUT2D eigenvalue weighted by Gasteiger charge is -2.13. The van der Waals surface area contributed by atoms with Crippen LogP contribution in [-0.2, 0) is 4.79 Å². The van der Waals surface area contributed by atoms with Gasteiger partial charge in [-0.3, -0.25) is 19.8 Å². The Kier molecular flexibility index (Phi) is 4.06. The summed E-state index contributed by atoms with van der Waals surface area (Å²) in [5.41, 5.74) is 0.506. The molecule has 0 saturated carbocycles. The number of rotatable bonds is 3. The van der Waals surface area contributed by atoms with Gasteiger partial charge in [-0.25, -0.2) is 0 Å². The molecule has 1 saturated heterocycles. The Morgan fingerprint density at radius 2 is 1.95 bits per heavy atom. The Morgan fingerprint density at radius 3 is 2.55 bits per heavy atom. The normalized spacial score (nSPS) is 16.5. The number of benzene rings is 1. The van der Waals surface area contributed by atoms with Gasteiger partial charge in [0.25, 0.3) is 11.6 Å². The molecule has 0 N–H and O–H groups in total. The first-order valence-corrected chi connectivity index (χ1v) is 8.22. The Bertz CT molecular complexity index is 782. The van der Waals surface area contributed by atoms with Crippen LogP contribution in [0, 0.1) is 10.1 Å². The Labute approximate surface area is 139 Å². The number of nitro benzene ring substituents is 1. The molecule has 22 heavy (non-hydrogen) atoms. The minimum atomic E-state index is -0.481. The van der Waals surface area contributed by atoms with E-state index >= 15 is 0 Å². The third kappa shape index (κ3) is 2.80. The zero-order valence-corrected chi connectivity index (χ0v) is 13.4. The molecule has 1 amide bonds. The van der Waals surface area contributed by atoms with Gasteiger partial charge in [-0.15, -0.1) is 11.3 Å². The quantitative estimate of drug-likeness (QED) is 0.362. The molecule has 110 valence electrons. The molecule has 2 heterocycles. The molecule has 0 radical (unpaired) electrons. The lowest BCUT2D eigenvalue weighted by molar-refractivity contribution is -0.384. The lowest BCUT2D eigenvalue weighted by atomic mass is 10.2. The molecule has 2 aromatic rings. The van der Waals surface area contributed by atoms with E-state index in [0.717, 1.165) is 4.88 Å². The molecule has 0 spiro atoms. The second kappa shape index (κ2) is 5.99. The van der Waals surface area contributed by atoms with Crippen LogP contribution in [0.25, 0.3) is 6.08 Å². The topological polar surface area (TPSA) is 63.5 Å². The zero-order valence-electron chi connectivity index (χ0n) is 11.0. The van der Waals surface area contributed by atoms with E-state index in [9.17, 15) is 14.9 Å². The summed E-state index contributed by atoms with van der Waals surface area (Å²) in [4.78, 5) is 25.6. The van der Waals surface area contributed by atoms with Crippen LogP contribution in [0.4, 0.5) is 11.4 Å². The molecule has 1 aromatic carbocycles. The highest BCUT2D eigenvalue weighted by Gasteiger charge is 2.33. The van der Waals surface area contributed by atoms with Crippen molar-refractivity contribution in [2.75, 3.05) is 4.90 Å². The standard InChI is InChI=1S/C14H8N2O3S3/c17-13-12(8-11-2-1-7-21-11)22-14(20)15(13)9-3-5-10(6-4-9)16(18)19/h1-8H/b12-8-. The molecular formula is C14H8N2O3S3. The number of non-ortho nitro benzene ring substituents is 1. The summed E-state index contributed by atoms with van der Waals surface area (Å²) in [5, 5.41) is 12.6. The van der Waals surface area contributed by atoms with Gasteiger partial charge >= 0.3 is 0 Å². The molecule has 0 unspecified atom stereocenters. The minimum Gasteiger partial charge on any atom is -0.268 e. The maximum absolute atomic E-state index is 12.5. The number of hydrogen-bond donors (Lipinski definition) is 0. The van der Waals surface area contributed by atoms with Gasteiger partial charge in [0.05, 0.1) is 15.5 Å². The smallest absolute Gasteiger partial charge is 0.268 e. The number of carbonyl (C=O) groups is 1. The second-order valence-electron chi connectivity index (χ2n) is 4.31. The summed E-state index contributed by atoms with van der Waals surface area (Å²) in [7, 11) is 0. The molecule has 8 heteroatoms. The number of hydrogen-bond acceptors (Lipinski definition) is 6. The van der Waals surface area contributed by atoms with Gasteiger partial charge in [-0.05, 0) is 29.7 Å². The van der Waals surface area contributed by atoms with Gasteiger partial charge in [-0.2, -0.15) is 0 Å². The maximum Gasteiger partial charge on any atom is 0.270 e. The number of carbonyl (C=O) groups excluding carboxylic acids is 1. The van der Waals surface area contributed by atoms with Crippen LogP contribution < -0.4 is 4.90 Å². The van der Waals surface area contributed by atoms with E-state index in [1.807, 2.05) is 17.5 Å². The highest BCUT2D eigenvalue weighted by molar-refractivity contribution is 8.27. The lowest BCUT2D eigenvalue weighted by Crippen LogP contribution is -2.27. The van der Waals surface area contributed by atoms with Crippen molar-refractivity contribution in [3.8, 4) is 0 Å². The predicted molar refractivity (Wildman–Crippen MR) is 93.1 cm³/mol. The fourth-order valence-electron chi connectivity index (χ4n) is 1.92. The van der Waals surface area contributed by atoms with Crippen molar-refractivity contribution in [3.63, 3.8) is 0 Å². The minimum absolute atomic E-state index is 0.0247. The van der Waals surface area contributed by atoms with Crippen molar-refractivity contribution >= 4 is 63.0 Å². The number of nitro groups is 1. The number of nitrogens with zero attached hydrogens (tertiary/aromatic N) is 2. The second-order valence-corrected chi connectivity index (χ2v) is 6.96. The average molecular weight is 348 g/mol. The summed E-state index contributed by atoms with van der Waals surface area (Å²) >= 11 is 8.02. The molecule has 1 aromatic heterocycles. The highest BCUT2D eigenvalue weighted by atomic mass is 32.2. The third-order valence-corrected chi connectivity index (χ3v) is 5.05. The monoisotopic (exact) mass is 348 g/mol. The number of amides is 1. The van der Waals surface area contributed by atoms with Crippen molar-refractivity contribution in [1.82, 2.24) is 0 Å². The zero-order chi connectivity index (χ0) is 15.7. The van der Waals surface area contributed by atoms with Crippen LogP contribution in [0.1, 0.15) is 4.88 Å². The molecule has 0 atom stereocenters. The first kappa shape index (κ1) is 14.9. The van der Waals surface area contributed by atoms with Crippen LogP contribution in [-0.4, -0.2) is 15.2 Å². The number of thiocarbonyl (C=S) groups is 1. The SMILES string of the molecule is O=C1/C(=C/c2cccs2)SC(=S)N1c1ccc([N+](=O)[O-])cc1. The van der Waals surface area contributed by atoms with Crippen LogP contribution in [0.5, 0.6) is 0 Å². The highest BCUT2D eigenvalue weighted by Crippen LogP contribution is 2.36. The molecule has 1 fully saturated rings. The number of anilines is 1. The van der Waals surface area contributed by atoms with Gasteiger partial charge in [-0.1, -0.05) is 30.0 Å². The molecule has 0 bridgehead atoms. The summed E-state index contributed by atoms with van der Waals surface area (Å²) in [5.74, 6) is -0.211. The maximum atomic E-state index is 12.5. The Hall–Kier alpha value is -2.03. The molecule has 1 aliphatic rings. The van der Waals surface area contributed by atoms with Crippen LogP contribution >= 0.6 is 35.3 Å². The van der Waals surface area contributed by atoms with E-state index in [1.165, 1.54) is 52.3 Å². The van der Waals surface area contributed by atoms with E-state index in [2.05, 4.69) is 0 Å². The van der Waals surface area contributed by atoms with E-state index in [-0.39, 0.29) is 11.6 Å². The van der Waals surface area contributed by atoms with Crippen molar-refractivity contribution < 1.29 is 9.72 Å².